The van der Waals surface area contributed by atoms with E-state index in [1.165, 1.54) is 23.5 Å². The van der Waals surface area contributed by atoms with Gasteiger partial charge in [-0.1, -0.05) is 18.2 Å². The fraction of sp³-hybridized carbons (Fsp3) is 0.250. The molecule has 3 aromatic rings. The summed E-state index contributed by atoms with van der Waals surface area (Å²) in [6.45, 7) is 0.454. The number of nitrogens with zero attached hydrogens (tertiary/aromatic N) is 2. The van der Waals surface area contributed by atoms with Crippen molar-refractivity contribution in [1.29, 1.82) is 0 Å². The Hall–Kier alpha value is -2.71. The first-order valence-electron chi connectivity index (χ1n) is 8.83. The normalized spacial score (nSPS) is 17.7. The van der Waals surface area contributed by atoms with Crippen LogP contribution in [0, 0.1) is 5.82 Å². The molecule has 8 heteroatoms. The van der Waals surface area contributed by atoms with Gasteiger partial charge >= 0.3 is 0 Å². The Bertz CT molecular complexity index is 1110. The zero-order valence-corrected chi connectivity index (χ0v) is 16.0. The van der Waals surface area contributed by atoms with E-state index in [4.69, 9.17) is 9.47 Å². The minimum Gasteiger partial charge on any atom is -0.495 e. The van der Waals surface area contributed by atoms with Crippen LogP contribution in [0.5, 0.6) is 11.5 Å². The highest BCUT2D eigenvalue weighted by Gasteiger charge is 2.35. The van der Waals surface area contributed by atoms with E-state index in [0.717, 1.165) is 17.0 Å². The van der Waals surface area contributed by atoms with E-state index in [1.54, 1.807) is 6.20 Å². The maximum absolute atomic E-state index is 13.6. The van der Waals surface area contributed by atoms with Crippen LogP contribution in [-0.2, 0) is 10.0 Å². The number of pyridine rings is 1. The maximum Gasteiger partial charge on any atom is 0.246 e. The number of fused-ring (bicyclic) bond motifs is 1. The van der Waals surface area contributed by atoms with Gasteiger partial charge in [0.2, 0.25) is 10.0 Å². The van der Waals surface area contributed by atoms with E-state index in [9.17, 15) is 12.8 Å². The summed E-state index contributed by atoms with van der Waals surface area (Å²) >= 11 is 0. The molecule has 1 aliphatic heterocycles. The highest BCUT2D eigenvalue weighted by atomic mass is 32.2. The lowest BCUT2D eigenvalue weighted by Crippen LogP contribution is -2.31. The van der Waals surface area contributed by atoms with Crippen LogP contribution in [0.3, 0.4) is 0 Å². The molecule has 0 aliphatic carbocycles. The number of aromatic nitrogens is 1. The number of halogens is 1. The van der Waals surface area contributed by atoms with Gasteiger partial charge < -0.3 is 9.47 Å². The molecule has 1 fully saturated rings. The molecule has 1 atom stereocenters. The fourth-order valence-electron chi connectivity index (χ4n) is 3.35. The first-order chi connectivity index (χ1) is 13.5. The number of para-hydroxylation sites is 1. The minimum atomic E-state index is -3.90. The molecule has 1 unspecified atom stereocenters. The zero-order chi connectivity index (χ0) is 19.7. The number of methoxy groups -OCH3 is 1. The van der Waals surface area contributed by atoms with Crippen LogP contribution in [0.1, 0.15) is 6.42 Å². The van der Waals surface area contributed by atoms with Gasteiger partial charge in [-0.3, -0.25) is 4.98 Å². The van der Waals surface area contributed by atoms with Crippen LogP contribution in [0.25, 0.3) is 10.9 Å². The summed E-state index contributed by atoms with van der Waals surface area (Å²) in [4.78, 5) is 4.18. The van der Waals surface area contributed by atoms with Crippen molar-refractivity contribution >= 4 is 20.9 Å². The Labute approximate surface area is 162 Å². The van der Waals surface area contributed by atoms with E-state index in [2.05, 4.69) is 4.98 Å². The van der Waals surface area contributed by atoms with E-state index >= 15 is 0 Å². The molecule has 0 amide bonds. The number of benzene rings is 2. The summed E-state index contributed by atoms with van der Waals surface area (Å²) in [5.41, 5.74) is 0.734. The first-order valence-corrected chi connectivity index (χ1v) is 10.3. The van der Waals surface area contributed by atoms with Crippen molar-refractivity contribution in [2.24, 2.45) is 0 Å². The number of hydrogen-bond acceptors (Lipinski definition) is 5. The van der Waals surface area contributed by atoms with Crippen molar-refractivity contribution in [3.05, 3.63) is 60.5 Å². The predicted octanol–water partition coefficient (Wildman–Crippen LogP) is 3.22. The second-order valence-electron chi connectivity index (χ2n) is 6.52. The van der Waals surface area contributed by atoms with Gasteiger partial charge in [0.05, 0.1) is 13.7 Å². The Balaban J connectivity index is 1.56. The quantitative estimate of drug-likeness (QED) is 0.655. The average molecular weight is 402 g/mol. The van der Waals surface area contributed by atoms with Gasteiger partial charge in [0.15, 0.2) is 0 Å². The van der Waals surface area contributed by atoms with Crippen LogP contribution in [0.2, 0.25) is 0 Å². The Morgan fingerprint density at radius 1 is 1.14 bits per heavy atom. The number of hydrogen-bond donors (Lipinski definition) is 0. The van der Waals surface area contributed by atoms with Crippen LogP contribution >= 0.6 is 0 Å². The largest absolute Gasteiger partial charge is 0.495 e. The molecule has 146 valence electrons. The molecule has 0 bridgehead atoms. The average Bonchev–Trinajstić information content (AvgIpc) is 3.18. The maximum atomic E-state index is 13.6. The highest BCUT2D eigenvalue weighted by Crippen LogP contribution is 2.31. The van der Waals surface area contributed by atoms with E-state index in [1.807, 2.05) is 30.3 Å². The van der Waals surface area contributed by atoms with Crippen LogP contribution in [0.4, 0.5) is 4.39 Å². The molecule has 0 saturated carbocycles. The topological polar surface area (TPSA) is 68.7 Å². The van der Waals surface area contributed by atoms with Gasteiger partial charge in [-0.05, 0) is 36.8 Å². The van der Waals surface area contributed by atoms with Gasteiger partial charge in [0.25, 0.3) is 0 Å². The summed E-state index contributed by atoms with van der Waals surface area (Å²) in [6, 6.07) is 12.9. The van der Waals surface area contributed by atoms with Gasteiger partial charge in [0, 0.05) is 18.1 Å². The van der Waals surface area contributed by atoms with Gasteiger partial charge in [-0.15, -0.1) is 0 Å². The molecular formula is C20H19FN2O4S. The standard InChI is InChI=1S/C20H19FN2O4S/c1-26-17-8-7-15(21)12-19(17)28(24,25)23-11-9-16(13-23)27-18-6-2-4-14-5-3-10-22-20(14)18/h2-8,10,12,16H,9,11,13H2,1H3. The van der Waals surface area contributed by atoms with Crippen molar-refractivity contribution in [3.63, 3.8) is 0 Å². The summed E-state index contributed by atoms with van der Waals surface area (Å²) in [7, 11) is -2.54. The minimum absolute atomic E-state index is 0.115. The SMILES string of the molecule is COc1ccc(F)cc1S(=O)(=O)N1CCC(Oc2cccc3cccnc23)C1. The summed E-state index contributed by atoms with van der Waals surface area (Å²) in [6.07, 6.45) is 1.90. The van der Waals surface area contributed by atoms with Gasteiger partial charge in [0.1, 0.15) is 33.8 Å². The molecule has 2 aromatic carbocycles. The van der Waals surface area contributed by atoms with Crippen molar-refractivity contribution < 1.29 is 22.3 Å². The van der Waals surface area contributed by atoms with E-state index in [-0.39, 0.29) is 29.8 Å². The Kier molecular flexibility index (Phi) is 4.91. The molecule has 1 aromatic heterocycles. The molecule has 2 heterocycles. The van der Waals surface area contributed by atoms with Crippen LogP contribution in [-0.4, -0.2) is 44.0 Å². The molecular weight excluding hydrogens is 383 g/mol. The molecule has 28 heavy (non-hydrogen) atoms. The van der Waals surface area contributed by atoms with Gasteiger partial charge in [-0.2, -0.15) is 4.31 Å². The number of ether oxygens (including phenoxy) is 2. The Morgan fingerprint density at radius 2 is 1.96 bits per heavy atom. The highest BCUT2D eigenvalue weighted by molar-refractivity contribution is 7.89. The van der Waals surface area contributed by atoms with E-state index < -0.39 is 15.8 Å². The number of sulfonamides is 1. The third-order valence-electron chi connectivity index (χ3n) is 4.74. The predicted molar refractivity (Wildman–Crippen MR) is 102 cm³/mol. The van der Waals surface area contributed by atoms with Crippen molar-refractivity contribution in [3.8, 4) is 11.5 Å². The molecule has 0 N–H and O–H groups in total. The lowest BCUT2D eigenvalue weighted by atomic mass is 10.2. The second-order valence-corrected chi connectivity index (χ2v) is 8.42. The number of rotatable bonds is 5. The van der Waals surface area contributed by atoms with Crippen LogP contribution in [0.15, 0.2) is 59.6 Å². The first kappa shape index (κ1) is 18.6. The third kappa shape index (κ3) is 3.41. The summed E-state index contributed by atoms with van der Waals surface area (Å²) in [5, 5.41) is 0.951. The second kappa shape index (κ2) is 7.37. The summed E-state index contributed by atoms with van der Waals surface area (Å²) < 4.78 is 52.1. The smallest absolute Gasteiger partial charge is 0.246 e. The van der Waals surface area contributed by atoms with Crippen LogP contribution < -0.4 is 9.47 Å². The summed E-state index contributed by atoms with van der Waals surface area (Å²) in [5.74, 6) is 0.0999. The molecule has 0 radical (unpaired) electrons. The van der Waals surface area contributed by atoms with Gasteiger partial charge in [-0.25, -0.2) is 12.8 Å². The molecule has 4 rings (SSSR count). The third-order valence-corrected chi connectivity index (χ3v) is 6.63. The van der Waals surface area contributed by atoms with E-state index in [0.29, 0.717) is 12.2 Å². The molecule has 1 aliphatic rings. The lowest BCUT2D eigenvalue weighted by Gasteiger charge is -2.19. The van der Waals surface area contributed by atoms with Crippen molar-refractivity contribution in [2.75, 3.05) is 20.2 Å². The Morgan fingerprint density at radius 3 is 2.79 bits per heavy atom. The van der Waals surface area contributed by atoms with Crippen molar-refractivity contribution in [2.45, 2.75) is 17.4 Å². The monoisotopic (exact) mass is 402 g/mol. The lowest BCUT2D eigenvalue weighted by molar-refractivity contribution is 0.218. The zero-order valence-electron chi connectivity index (χ0n) is 15.2. The molecule has 1 saturated heterocycles. The molecule has 0 spiro atoms. The molecule has 6 nitrogen and oxygen atoms in total. The van der Waals surface area contributed by atoms with Crippen molar-refractivity contribution in [1.82, 2.24) is 9.29 Å². The fourth-order valence-corrected chi connectivity index (χ4v) is 5.01.